The molecule has 0 saturated carbocycles. The van der Waals surface area contributed by atoms with E-state index in [9.17, 15) is 4.39 Å². The van der Waals surface area contributed by atoms with E-state index in [0.717, 1.165) is 28.2 Å². The van der Waals surface area contributed by atoms with Crippen LogP contribution in [0.2, 0.25) is 0 Å². The standard InChI is InChI=1S/C19H23FN4O/c1-12-9-19-22-10-17(14(3)24(19)23-12)13(2)21-11-18(25-4)15-5-7-16(20)8-6-15/h5-10,13,18,21H,11H2,1-4H3/t13-,18+/m0/s1. The minimum Gasteiger partial charge on any atom is -0.375 e. The Balaban J connectivity index is 1.74. The van der Waals surface area contributed by atoms with E-state index in [1.165, 1.54) is 12.1 Å². The maximum Gasteiger partial charge on any atom is 0.155 e. The number of fused-ring (bicyclic) bond motifs is 1. The van der Waals surface area contributed by atoms with Gasteiger partial charge in [0, 0.05) is 43.2 Å². The van der Waals surface area contributed by atoms with Gasteiger partial charge in [-0.05, 0) is 38.5 Å². The fourth-order valence-corrected chi connectivity index (χ4v) is 3.01. The lowest BCUT2D eigenvalue weighted by Gasteiger charge is -2.21. The van der Waals surface area contributed by atoms with Gasteiger partial charge in [-0.25, -0.2) is 13.9 Å². The van der Waals surface area contributed by atoms with E-state index < -0.39 is 0 Å². The minimum atomic E-state index is -0.246. The highest BCUT2D eigenvalue weighted by Gasteiger charge is 2.16. The molecule has 1 N–H and O–H groups in total. The number of halogens is 1. The average molecular weight is 342 g/mol. The second-order valence-corrected chi connectivity index (χ2v) is 6.26. The fourth-order valence-electron chi connectivity index (χ4n) is 3.01. The predicted molar refractivity (Wildman–Crippen MR) is 95.0 cm³/mol. The first-order valence-electron chi connectivity index (χ1n) is 8.33. The molecule has 2 atom stereocenters. The number of hydrogen-bond donors (Lipinski definition) is 1. The molecule has 0 fully saturated rings. The first-order valence-corrected chi connectivity index (χ1v) is 8.33. The van der Waals surface area contributed by atoms with Crippen molar-refractivity contribution in [1.29, 1.82) is 0 Å². The predicted octanol–water partition coefficient (Wildman–Crippen LogP) is 3.52. The third kappa shape index (κ3) is 3.70. The first kappa shape index (κ1) is 17.5. The van der Waals surface area contributed by atoms with Crippen LogP contribution in [-0.2, 0) is 4.74 Å². The zero-order valence-corrected chi connectivity index (χ0v) is 15.0. The van der Waals surface area contributed by atoms with E-state index in [0.29, 0.717) is 6.54 Å². The summed E-state index contributed by atoms with van der Waals surface area (Å²) in [6.45, 7) is 6.70. The van der Waals surface area contributed by atoms with Gasteiger partial charge in [0.05, 0.1) is 11.8 Å². The van der Waals surface area contributed by atoms with Crippen LogP contribution in [0.4, 0.5) is 4.39 Å². The molecule has 0 aliphatic carbocycles. The third-order valence-electron chi connectivity index (χ3n) is 4.49. The van der Waals surface area contributed by atoms with Crippen molar-refractivity contribution in [3.05, 3.63) is 64.9 Å². The second-order valence-electron chi connectivity index (χ2n) is 6.26. The van der Waals surface area contributed by atoms with Crippen molar-refractivity contribution in [3.8, 4) is 0 Å². The number of nitrogens with one attached hydrogen (secondary N) is 1. The highest BCUT2D eigenvalue weighted by atomic mass is 19.1. The van der Waals surface area contributed by atoms with Gasteiger partial charge in [0.15, 0.2) is 5.65 Å². The molecule has 2 heterocycles. The fraction of sp³-hybridized carbons (Fsp3) is 0.368. The van der Waals surface area contributed by atoms with E-state index in [1.807, 2.05) is 30.6 Å². The van der Waals surface area contributed by atoms with Crippen LogP contribution in [0, 0.1) is 19.7 Å². The van der Waals surface area contributed by atoms with Crippen molar-refractivity contribution in [3.63, 3.8) is 0 Å². The van der Waals surface area contributed by atoms with Crippen molar-refractivity contribution < 1.29 is 9.13 Å². The van der Waals surface area contributed by atoms with Gasteiger partial charge in [0.25, 0.3) is 0 Å². The summed E-state index contributed by atoms with van der Waals surface area (Å²) in [5, 5.41) is 7.96. The van der Waals surface area contributed by atoms with Crippen molar-refractivity contribution >= 4 is 5.65 Å². The highest BCUT2D eigenvalue weighted by Crippen LogP contribution is 2.21. The summed E-state index contributed by atoms with van der Waals surface area (Å²) >= 11 is 0. The monoisotopic (exact) mass is 342 g/mol. The van der Waals surface area contributed by atoms with Crippen LogP contribution in [0.1, 0.15) is 41.6 Å². The Labute approximate surface area is 146 Å². The van der Waals surface area contributed by atoms with E-state index in [1.54, 1.807) is 19.2 Å². The lowest BCUT2D eigenvalue weighted by atomic mass is 10.1. The molecule has 3 aromatic rings. The van der Waals surface area contributed by atoms with Crippen LogP contribution in [0.5, 0.6) is 0 Å². The number of benzene rings is 1. The molecule has 2 aromatic heterocycles. The Bertz CT molecular complexity index is 860. The van der Waals surface area contributed by atoms with E-state index in [2.05, 4.69) is 22.3 Å². The number of aromatic nitrogens is 3. The Hall–Kier alpha value is -2.31. The minimum absolute atomic E-state index is 0.0829. The highest BCUT2D eigenvalue weighted by molar-refractivity contribution is 5.42. The van der Waals surface area contributed by atoms with Gasteiger partial charge in [0.2, 0.25) is 0 Å². The zero-order valence-electron chi connectivity index (χ0n) is 15.0. The SMILES string of the molecule is CO[C@H](CN[C@@H](C)c1cnc2cc(C)nn2c1C)c1ccc(F)cc1. The van der Waals surface area contributed by atoms with Crippen LogP contribution >= 0.6 is 0 Å². The Morgan fingerprint density at radius 3 is 2.64 bits per heavy atom. The molecule has 0 aliphatic heterocycles. The van der Waals surface area contributed by atoms with Gasteiger partial charge < -0.3 is 10.1 Å². The first-order chi connectivity index (χ1) is 12.0. The number of aryl methyl sites for hydroxylation is 2. The summed E-state index contributed by atoms with van der Waals surface area (Å²) in [5.74, 6) is -0.246. The summed E-state index contributed by atoms with van der Waals surface area (Å²) in [6.07, 6.45) is 1.75. The van der Waals surface area contributed by atoms with Gasteiger partial charge in [-0.15, -0.1) is 0 Å². The molecule has 0 aliphatic rings. The van der Waals surface area contributed by atoms with Crippen molar-refractivity contribution in [2.24, 2.45) is 0 Å². The quantitative estimate of drug-likeness (QED) is 0.745. The van der Waals surface area contributed by atoms with Crippen LogP contribution in [0.15, 0.2) is 36.5 Å². The molecule has 1 aromatic carbocycles. The lowest BCUT2D eigenvalue weighted by Crippen LogP contribution is -2.26. The number of rotatable bonds is 6. The Morgan fingerprint density at radius 1 is 1.24 bits per heavy atom. The lowest BCUT2D eigenvalue weighted by molar-refractivity contribution is 0.0998. The molecule has 25 heavy (non-hydrogen) atoms. The molecule has 0 amide bonds. The summed E-state index contributed by atoms with van der Waals surface area (Å²) < 4.78 is 20.5. The smallest absolute Gasteiger partial charge is 0.155 e. The van der Waals surface area contributed by atoms with Crippen LogP contribution < -0.4 is 5.32 Å². The van der Waals surface area contributed by atoms with Crippen molar-refractivity contribution in [2.45, 2.75) is 32.9 Å². The second kappa shape index (κ2) is 7.29. The molecule has 0 spiro atoms. The summed E-state index contributed by atoms with van der Waals surface area (Å²) in [5.41, 5.74) is 4.89. The van der Waals surface area contributed by atoms with Crippen LogP contribution in [0.3, 0.4) is 0 Å². The molecular formula is C19H23FN4O. The van der Waals surface area contributed by atoms with Gasteiger partial charge in [-0.3, -0.25) is 0 Å². The summed E-state index contributed by atoms with van der Waals surface area (Å²) in [6, 6.07) is 8.45. The van der Waals surface area contributed by atoms with E-state index >= 15 is 0 Å². The zero-order chi connectivity index (χ0) is 18.0. The molecule has 5 nitrogen and oxygen atoms in total. The Kier molecular flexibility index (Phi) is 5.11. The number of nitrogens with zero attached hydrogens (tertiary/aromatic N) is 3. The summed E-state index contributed by atoms with van der Waals surface area (Å²) in [7, 11) is 1.66. The molecule has 132 valence electrons. The van der Waals surface area contributed by atoms with E-state index in [4.69, 9.17) is 4.74 Å². The average Bonchev–Trinajstić information content (AvgIpc) is 2.98. The molecule has 0 radical (unpaired) electrons. The van der Waals surface area contributed by atoms with Crippen LogP contribution in [-0.4, -0.2) is 28.3 Å². The number of methoxy groups -OCH3 is 1. The largest absolute Gasteiger partial charge is 0.375 e. The molecule has 0 unspecified atom stereocenters. The van der Waals surface area contributed by atoms with Crippen molar-refractivity contribution in [1.82, 2.24) is 19.9 Å². The maximum absolute atomic E-state index is 13.1. The van der Waals surface area contributed by atoms with Gasteiger partial charge in [0.1, 0.15) is 5.82 Å². The summed E-state index contributed by atoms with van der Waals surface area (Å²) in [4.78, 5) is 4.49. The molecule has 0 saturated heterocycles. The molecular weight excluding hydrogens is 319 g/mol. The maximum atomic E-state index is 13.1. The van der Waals surface area contributed by atoms with Gasteiger partial charge in [-0.1, -0.05) is 12.1 Å². The number of ether oxygens (including phenoxy) is 1. The van der Waals surface area contributed by atoms with Gasteiger partial charge >= 0.3 is 0 Å². The van der Waals surface area contributed by atoms with Gasteiger partial charge in [-0.2, -0.15) is 5.10 Å². The number of hydrogen-bond acceptors (Lipinski definition) is 4. The van der Waals surface area contributed by atoms with E-state index in [-0.39, 0.29) is 18.0 Å². The molecule has 6 heteroatoms. The Morgan fingerprint density at radius 2 is 1.96 bits per heavy atom. The molecule has 0 bridgehead atoms. The topological polar surface area (TPSA) is 51.5 Å². The third-order valence-corrected chi connectivity index (χ3v) is 4.49. The normalized spacial score (nSPS) is 14.0. The van der Waals surface area contributed by atoms with Crippen molar-refractivity contribution in [2.75, 3.05) is 13.7 Å². The molecule has 3 rings (SSSR count). The van der Waals surface area contributed by atoms with Crippen LogP contribution in [0.25, 0.3) is 5.65 Å².